The number of nitrogens with one attached hydrogen (secondary N) is 2. The molecule has 31 heavy (non-hydrogen) atoms. The Balaban J connectivity index is 2.87. The maximum Gasteiger partial charge on any atom is 0.434 e. The third-order valence-electron chi connectivity index (χ3n) is 5.97. The molecule has 0 aliphatic heterocycles. The minimum absolute atomic E-state index is 0.0260. The van der Waals surface area contributed by atoms with Crippen molar-refractivity contribution in [3.8, 4) is 0 Å². The lowest BCUT2D eigenvalue weighted by molar-refractivity contribution is -0.397. The lowest BCUT2D eigenvalue weighted by Gasteiger charge is -2.34. The number of aliphatic hydroxyl groups excluding tert-OH is 1. The molecule has 1 aromatic rings. The highest BCUT2D eigenvalue weighted by Crippen LogP contribution is 2.18. The van der Waals surface area contributed by atoms with Gasteiger partial charge < -0.3 is 25.9 Å². The van der Waals surface area contributed by atoms with Gasteiger partial charge in [-0.1, -0.05) is 15.3 Å². The summed E-state index contributed by atoms with van der Waals surface area (Å²) in [5, 5.41) is 34.5. The lowest BCUT2D eigenvalue weighted by atomic mass is 9.92. The van der Waals surface area contributed by atoms with E-state index in [1.54, 1.807) is 13.8 Å². The van der Waals surface area contributed by atoms with E-state index < -0.39 is 34.2 Å². The van der Waals surface area contributed by atoms with Gasteiger partial charge in [0.15, 0.2) is 0 Å². The molecule has 0 aliphatic carbocycles. The van der Waals surface area contributed by atoms with Gasteiger partial charge in [0.25, 0.3) is 0 Å². The Labute approximate surface area is 182 Å². The maximum absolute atomic E-state index is 11.0. The molecule has 0 saturated heterocycles. The van der Waals surface area contributed by atoms with Crippen LogP contribution in [0, 0.1) is 25.8 Å². The quantitative estimate of drug-likeness (QED) is 0.212. The summed E-state index contributed by atoms with van der Waals surface area (Å²) < 4.78 is 1.30. The molecule has 176 valence electrons. The lowest BCUT2D eigenvalue weighted by Crippen LogP contribution is -2.53. The van der Waals surface area contributed by atoms with E-state index in [0.29, 0.717) is 19.5 Å². The number of nitroso groups, excluding NO2 is 2. The van der Waals surface area contributed by atoms with Gasteiger partial charge in [0.1, 0.15) is 24.5 Å². The predicted molar refractivity (Wildman–Crippen MR) is 118 cm³/mol. The first-order valence-electron chi connectivity index (χ1n) is 10.3. The van der Waals surface area contributed by atoms with Crippen molar-refractivity contribution in [2.24, 2.45) is 16.3 Å². The highest BCUT2D eigenvalue weighted by atomic mass is 16.6. The highest BCUT2D eigenvalue weighted by Gasteiger charge is 2.31. The first kappa shape index (κ1) is 26.7. The molecule has 0 aliphatic rings. The third kappa shape index (κ3) is 8.04. The van der Waals surface area contributed by atoms with Gasteiger partial charge in [-0.15, -0.1) is 0 Å². The number of aromatic nitrogens is 2. The third-order valence-corrected chi connectivity index (χ3v) is 5.97. The fraction of sp³-hybridized carbons (Fsp3) is 0.842. The zero-order valence-electron chi connectivity index (χ0n) is 19.1. The summed E-state index contributed by atoms with van der Waals surface area (Å²) in [7, 11) is 0. The van der Waals surface area contributed by atoms with Crippen LogP contribution in [0.5, 0.6) is 0 Å². The van der Waals surface area contributed by atoms with Gasteiger partial charge in [-0.3, -0.25) is 0 Å². The van der Waals surface area contributed by atoms with Gasteiger partial charge in [0, 0.05) is 11.1 Å². The smallest absolute Gasteiger partial charge is 0.390 e. The number of aliphatic hydroxyl groups is 1. The SMILES string of the molecule is CC(N=O)C(C)(C)NCC(CNC(C)(C)C(C)N=O)CC(O)Cn1ccnc1[N+](=O)[O-]. The molecule has 0 amide bonds. The largest absolute Gasteiger partial charge is 0.434 e. The van der Waals surface area contributed by atoms with Crippen LogP contribution in [-0.4, -0.2) is 61.9 Å². The Hall–Kier alpha value is -2.31. The molecule has 12 heteroatoms. The van der Waals surface area contributed by atoms with Crippen LogP contribution in [0.3, 0.4) is 0 Å². The molecule has 1 aromatic heterocycles. The molecule has 0 bridgehead atoms. The number of imidazole rings is 1. The summed E-state index contributed by atoms with van der Waals surface area (Å²) in [6.07, 6.45) is 2.23. The second-order valence-corrected chi connectivity index (χ2v) is 9.16. The van der Waals surface area contributed by atoms with Crippen LogP contribution in [0.4, 0.5) is 5.95 Å². The van der Waals surface area contributed by atoms with Crippen molar-refractivity contribution in [3.05, 3.63) is 32.3 Å². The Morgan fingerprint density at radius 2 is 1.61 bits per heavy atom. The number of hydrogen-bond acceptors (Lipinski definition) is 10. The standard InChI is InChI=1S/C19H35N7O5/c1-13(23-28)18(3,4)21-10-15(11-22-19(5,6)14(2)24-29)9-16(27)12-25-8-7-20-17(25)26(30)31/h7-8,13-16,21-22,27H,9-12H2,1-6H3. The van der Waals surface area contributed by atoms with Crippen LogP contribution in [0.1, 0.15) is 48.0 Å². The van der Waals surface area contributed by atoms with E-state index in [9.17, 15) is 25.0 Å². The minimum Gasteiger partial charge on any atom is -0.390 e. The molecule has 0 radical (unpaired) electrons. The molecule has 0 spiro atoms. The number of rotatable bonds is 15. The molecular formula is C19H35N7O5. The normalized spacial score (nSPS) is 16.4. The van der Waals surface area contributed by atoms with Crippen molar-refractivity contribution in [1.82, 2.24) is 20.2 Å². The molecule has 3 atom stereocenters. The van der Waals surface area contributed by atoms with Crippen molar-refractivity contribution < 1.29 is 10.0 Å². The summed E-state index contributed by atoms with van der Waals surface area (Å²) in [4.78, 5) is 36.1. The Morgan fingerprint density at radius 1 is 1.13 bits per heavy atom. The summed E-state index contributed by atoms with van der Waals surface area (Å²) in [5.74, 6) is -0.431. The monoisotopic (exact) mass is 441 g/mol. The first-order chi connectivity index (χ1) is 14.3. The maximum atomic E-state index is 11.0. The fourth-order valence-electron chi connectivity index (χ4n) is 2.91. The van der Waals surface area contributed by atoms with Gasteiger partial charge in [0.2, 0.25) is 0 Å². The summed E-state index contributed by atoms with van der Waals surface area (Å²) >= 11 is 0. The Bertz CT molecular complexity index is 707. The number of nitro groups is 1. The summed E-state index contributed by atoms with van der Waals surface area (Å²) in [5.41, 5.74) is -1.11. The van der Waals surface area contributed by atoms with E-state index in [1.807, 2.05) is 27.7 Å². The van der Waals surface area contributed by atoms with E-state index in [4.69, 9.17) is 0 Å². The molecule has 1 heterocycles. The van der Waals surface area contributed by atoms with E-state index >= 15 is 0 Å². The van der Waals surface area contributed by atoms with Crippen LogP contribution in [-0.2, 0) is 6.54 Å². The average Bonchev–Trinajstić information content (AvgIpc) is 3.16. The van der Waals surface area contributed by atoms with Gasteiger partial charge in [-0.25, -0.2) is 4.57 Å². The number of nitrogens with zero attached hydrogens (tertiary/aromatic N) is 5. The minimum atomic E-state index is -0.865. The van der Waals surface area contributed by atoms with Crippen LogP contribution in [0.15, 0.2) is 22.7 Å². The van der Waals surface area contributed by atoms with E-state index in [2.05, 4.69) is 26.0 Å². The van der Waals surface area contributed by atoms with Gasteiger partial charge in [-0.2, -0.15) is 9.81 Å². The zero-order chi connectivity index (χ0) is 23.8. The Morgan fingerprint density at radius 3 is 2.03 bits per heavy atom. The van der Waals surface area contributed by atoms with E-state index in [-0.39, 0.29) is 18.4 Å². The van der Waals surface area contributed by atoms with E-state index in [1.165, 1.54) is 17.0 Å². The van der Waals surface area contributed by atoms with Crippen molar-refractivity contribution in [2.75, 3.05) is 13.1 Å². The van der Waals surface area contributed by atoms with Gasteiger partial charge in [-0.05, 0) is 71.9 Å². The molecule has 0 saturated carbocycles. The van der Waals surface area contributed by atoms with Crippen molar-refractivity contribution >= 4 is 5.95 Å². The molecular weight excluding hydrogens is 406 g/mol. The molecule has 0 aromatic carbocycles. The molecule has 3 N–H and O–H groups in total. The van der Waals surface area contributed by atoms with Crippen molar-refractivity contribution in [2.45, 2.75) is 83.8 Å². The molecule has 1 rings (SSSR count). The summed E-state index contributed by atoms with van der Waals surface area (Å²) in [6, 6.07) is -0.925. The topological polar surface area (TPSA) is 164 Å². The van der Waals surface area contributed by atoms with Crippen LogP contribution < -0.4 is 10.6 Å². The second kappa shape index (κ2) is 11.3. The molecule has 12 nitrogen and oxygen atoms in total. The molecule has 0 fully saturated rings. The zero-order valence-corrected chi connectivity index (χ0v) is 19.1. The van der Waals surface area contributed by atoms with Crippen molar-refractivity contribution in [3.63, 3.8) is 0 Å². The van der Waals surface area contributed by atoms with Gasteiger partial charge >= 0.3 is 5.95 Å². The average molecular weight is 442 g/mol. The summed E-state index contributed by atoms with van der Waals surface area (Å²) in [6.45, 7) is 11.9. The van der Waals surface area contributed by atoms with E-state index in [0.717, 1.165) is 0 Å². The fourth-order valence-corrected chi connectivity index (χ4v) is 2.91. The molecule has 3 unspecified atom stereocenters. The highest BCUT2D eigenvalue weighted by molar-refractivity contribution is 5.06. The predicted octanol–water partition coefficient (Wildman–Crippen LogP) is 2.20. The first-order valence-corrected chi connectivity index (χ1v) is 10.3. The van der Waals surface area contributed by atoms with Gasteiger partial charge in [0.05, 0.1) is 12.6 Å². The van der Waals surface area contributed by atoms with Crippen LogP contribution in [0.25, 0.3) is 0 Å². The number of hydrogen-bond donors (Lipinski definition) is 3. The van der Waals surface area contributed by atoms with Crippen LogP contribution >= 0.6 is 0 Å². The van der Waals surface area contributed by atoms with Crippen LogP contribution in [0.2, 0.25) is 0 Å². The van der Waals surface area contributed by atoms with Crippen molar-refractivity contribution in [1.29, 1.82) is 0 Å². The second-order valence-electron chi connectivity index (χ2n) is 9.16. The Kier molecular flexibility index (Phi) is 9.78.